The van der Waals surface area contributed by atoms with Crippen LogP contribution in [0.4, 0.5) is 0 Å². The third-order valence-corrected chi connectivity index (χ3v) is 6.81. The van der Waals surface area contributed by atoms with Crippen molar-refractivity contribution < 1.29 is 33.9 Å². The Balaban J connectivity index is 5.23. The molecule has 13 nitrogen and oxygen atoms in total. The van der Waals surface area contributed by atoms with Gasteiger partial charge in [-0.05, 0) is 0 Å². The van der Waals surface area contributed by atoms with Gasteiger partial charge in [-0.1, -0.05) is 0 Å². The maximum atomic E-state index is 12.7. The number of aliphatic carboxylic acids is 1. The van der Waals surface area contributed by atoms with Crippen molar-refractivity contribution in [3.05, 3.63) is 0 Å². The normalized spacial score (nSPS) is 15.6. The Morgan fingerprint density at radius 3 is 0.946 bits per heavy atom. The fourth-order valence-electron chi connectivity index (χ4n) is 2.41. The number of carboxylic acid groups (broad SMARTS) is 1. The number of carboxylic acids is 1. The smallest absolute Gasteiger partial charge is 0.327 e. The number of rotatable bonds is 17. The van der Waals surface area contributed by atoms with Gasteiger partial charge in [0, 0.05) is 34.5 Å². The molecule has 0 aliphatic rings. The highest BCUT2D eigenvalue weighted by Crippen LogP contribution is 2.00. The van der Waals surface area contributed by atoms with Crippen LogP contribution in [0.15, 0.2) is 0 Å². The molecule has 0 unspecified atom stereocenters. The van der Waals surface area contributed by atoms with Crippen LogP contribution in [0.3, 0.4) is 0 Å². The van der Waals surface area contributed by atoms with Gasteiger partial charge >= 0.3 is 5.97 Å². The van der Waals surface area contributed by atoms with Crippen molar-refractivity contribution in [2.24, 2.45) is 5.73 Å². The van der Waals surface area contributed by atoms with Crippen molar-refractivity contribution >= 4 is 111 Å². The first-order valence-corrected chi connectivity index (χ1v) is 14.3. The summed E-state index contributed by atoms with van der Waals surface area (Å²) < 4.78 is 0. The van der Waals surface area contributed by atoms with Crippen LogP contribution in [-0.2, 0) is 28.8 Å². The van der Waals surface area contributed by atoms with Gasteiger partial charge in [-0.3, -0.25) is 24.0 Å². The summed E-state index contributed by atoms with van der Waals surface area (Å²) in [5, 5.41) is 20.8. The molecule has 0 aromatic carbocycles. The molecule has 0 bridgehead atoms. The average Bonchev–Trinajstić information content (AvgIpc) is 2.88. The van der Waals surface area contributed by atoms with Gasteiger partial charge in [0.2, 0.25) is 29.5 Å². The van der Waals surface area contributed by atoms with Crippen molar-refractivity contribution in [3.8, 4) is 0 Å². The van der Waals surface area contributed by atoms with E-state index >= 15 is 0 Å². The first kappa shape index (κ1) is 35.9. The zero-order valence-corrected chi connectivity index (χ0v) is 24.7. The summed E-state index contributed by atoms with van der Waals surface area (Å²) in [7, 11) is 0. The van der Waals surface area contributed by atoms with E-state index < -0.39 is 71.8 Å². The lowest BCUT2D eigenvalue weighted by Crippen LogP contribution is -2.60. The van der Waals surface area contributed by atoms with Crippen LogP contribution in [0, 0.1) is 0 Å². The second-order valence-corrected chi connectivity index (χ2v) is 9.54. The first-order valence-electron chi connectivity index (χ1n) is 10.6. The lowest BCUT2D eigenvalue weighted by Gasteiger charge is -2.25. The molecule has 0 radical (unpaired) electrons. The van der Waals surface area contributed by atoms with Gasteiger partial charge in [-0.2, -0.15) is 75.8 Å². The molecule has 0 saturated heterocycles. The number of hydrogen-bond acceptors (Lipinski definition) is 13. The molecule has 212 valence electrons. The number of carbonyl (C=O) groups is 6. The molecule has 0 aromatic heterocycles. The Morgan fingerprint density at radius 2 is 0.730 bits per heavy atom. The van der Waals surface area contributed by atoms with Gasteiger partial charge in [0.15, 0.2) is 0 Å². The molecule has 0 aromatic rings. The molecule has 0 spiro atoms. The summed E-state index contributed by atoms with van der Waals surface area (Å²) in [6.45, 7) is 0. The van der Waals surface area contributed by atoms with Gasteiger partial charge in [-0.15, -0.1) is 0 Å². The molecule has 0 fully saturated rings. The zero-order chi connectivity index (χ0) is 28.7. The molecule has 19 heteroatoms. The van der Waals surface area contributed by atoms with Crippen molar-refractivity contribution in [1.29, 1.82) is 0 Å². The third kappa shape index (κ3) is 12.5. The predicted octanol–water partition coefficient (Wildman–Crippen LogP) is -3.60. The SMILES string of the molecule is N[C@@H](CS)C(=O)N[C@@H](CS)C(=O)N[C@@H](CS)C(=O)N[C@@H](CS)C(=O)N[C@@H](CS)C(=O)N[C@@H](CS)C(=O)O. The number of hydrogen-bond donors (Lipinski definition) is 13. The molecule has 37 heavy (non-hydrogen) atoms. The fourth-order valence-corrected chi connectivity index (χ4v) is 3.85. The topological polar surface area (TPSA) is 209 Å². The van der Waals surface area contributed by atoms with E-state index in [1.165, 1.54) is 0 Å². The summed E-state index contributed by atoms with van der Waals surface area (Å²) in [5.74, 6) is -5.83. The van der Waals surface area contributed by atoms with Gasteiger partial charge in [-0.25, -0.2) is 4.79 Å². The second-order valence-electron chi connectivity index (χ2n) is 7.35. The number of carbonyl (C=O) groups excluding carboxylic acids is 5. The zero-order valence-electron chi connectivity index (χ0n) is 19.4. The molecule has 5 amide bonds. The summed E-state index contributed by atoms with van der Waals surface area (Å²) >= 11 is 23.9. The molecule has 0 heterocycles. The van der Waals surface area contributed by atoms with E-state index in [0.29, 0.717) is 0 Å². The molecule has 0 rings (SSSR count). The van der Waals surface area contributed by atoms with Crippen LogP contribution in [-0.4, -0.2) is 111 Å². The van der Waals surface area contributed by atoms with Gasteiger partial charge in [0.05, 0.1) is 6.04 Å². The highest BCUT2D eigenvalue weighted by molar-refractivity contribution is 7.81. The van der Waals surface area contributed by atoms with E-state index in [1.807, 2.05) is 0 Å². The minimum atomic E-state index is -1.31. The molecule has 8 N–H and O–H groups in total. The summed E-state index contributed by atoms with van der Waals surface area (Å²) in [6, 6.07) is -7.01. The summed E-state index contributed by atoms with van der Waals surface area (Å²) in [6.07, 6.45) is 0. The minimum Gasteiger partial charge on any atom is -0.480 e. The van der Waals surface area contributed by atoms with Gasteiger partial charge in [0.25, 0.3) is 0 Å². The largest absolute Gasteiger partial charge is 0.480 e. The fraction of sp³-hybridized carbons (Fsp3) is 0.667. The molecule has 6 atom stereocenters. The van der Waals surface area contributed by atoms with Crippen molar-refractivity contribution in [2.45, 2.75) is 36.3 Å². The number of nitrogens with two attached hydrogens (primary N) is 1. The average molecular weight is 637 g/mol. The van der Waals surface area contributed by atoms with Crippen molar-refractivity contribution in [3.63, 3.8) is 0 Å². The van der Waals surface area contributed by atoms with Gasteiger partial charge < -0.3 is 37.4 Å². The Hall–Kier alpha value is -1.12. The van der Waals surface area contributed by atoms with E-state index in [-0.39, 0.29) is 34.5 Å². The Kier molecular flexibility index (Phi) is 18.4. The number of amides is 5. The molecular weight excluding hydrogens is 605 g/mol. The van der Waals surface area contributed by atoms with Crippen LogP contribution < -0.4 is 32.3 Å². The van der Waals surface area contributed by atoms with Crippen LogP contribution in [0.5, 0.6) is 0 Å². The number of nitrogens with one attached hydrogen (secondary N) is 5. The second kappa shape index (κ2) is 19.0. The molecule has 0 aliphatic heterocycles. The van der Waals surface area contributed by atoms with E-state index in [0.717, 1.165) is 0 Å². The Morgan fingerprint density at radius 1 is 0.486 bits per heavy atom. The molecule has 0 saturated carbocycles. The number of thiol groups is 6. The Bertz CT molecular complexity index is 826. The summed E-state index contributed by atoms with van der Waals surface area (Å²) in [4.78, 5) is 73.4. The van der Waals surface area contributed by atoms with Gasteiger partial charge in [0.1, 0.15) is 30.2 Å². The molecular formula is C18H32N6O7S6. The standard InChI is InChI=1S/C18H32N6O7S6/c19-7(1-32)13(25)20-8(2-33)14(26)21-9(3-34)15(27)22-10(4-35)16(28)23-11(5-36)17(29)24-12(6-37)18(30)31/h7-12,32-37H,1-6,19H2,(H,20,25)(H,21,26)(H,22,27)(H,23,28)(H,24,29)(H,30,31)/t7-,8-,9-,10-,11-,12-/m0/s1. The van der Waals surface area contributed by atoms with E-state index in [1.54, 1.807) is 0 Å². The van der Waals surface area contributed by atoms with Crippen LogP contribution in [0.1, 0.15) is 0 Å². The van der Waals surface area contributed by atoms with Crippen molar-refractivity contribution in [2.75, 3.05) is 34.5 Å². The van der Waals surface area contributed by atoms with Crippen molar-refractivity contribution in [1.82, 2.24) is 26.6 Å². The third-order valence-electron chi connectivity index (χ3n) is 4.59. The van der Waals surface area contributed by atoms with Crippen LogP contribution in [0.25, 0.3) is 0 Å². The lowest BCUT2D eigenvalue weighted by molar-refractivity contribution is -0.141. The van der Waals surface area contributed by atoms with E-state index in [4.69, 9.17) is 10.8 Å². The van der Waals surface area contributed by atoms with E-state index in [9.17, 15) is 28.8 Å². The Labute approximate surface area is 247 Å². The molecule has 0 aliphatic carbocycles. The first-order chi connectivity index (χ1) is 17.4. The van der Waals surface area contributed by atoms with E-state index in [2.05, 4.69) is 102 Å². The quantitative estimate of drug-likeness (QED) is 0.0716. The highest BCUT2D eigenvalue weighted by atomic mass is 32.1. The predicted molar refractivity (Wildman–Crippen MR) is 158 cm³/mol. The monoisotopic (exact) mass is 636 g/mol. The minimum absolute atomic E-state index is 0.0483. The summed E-state index contributed by atoms with van der Waals surface area (Å²) in [5.41, 5.74) is 5.57. The van der Waals surface area contributed by atoms with Crippen LogP contribution >= 0.6 is 75.8 Å². The maximum absolute atomic E-state index is 12.7. The lowest BCUT2D eigenvalue weighted by atomic mass is 10.2. The maximum Gasteiger partial charge on any atom is 0.327 e. The van der Waals surface area contributed by atoms with Crippen LogP contribution in [0.2, 0.25) is 0 Å². The highest BCUT2D eigenvalue weighted by Gasteiger charge is 2.31.